The van der Waals surface area contributed by atoms with Crippen molar-refractivity contribution < 1.29 is 35.4 Å². The second-order valence-corrected chi connectivity index (χ2v) is 3.09. The highest BCUT2D eigenvalue weighted by molar-refractivity contribution is 5.74. The van der Waals surface area contributed by atoms with E-state index in [2.05, 4.69) is 0 Å². The molecule has 0 fully saturated rings. The molecule has 0 atom stereocenters. The number of hydrogen-bond acceptors (Lipinski definition) is 7. The van der Waals surface area contributed by atoms with Gasteiger partial charge in [-0.2, -0.15) is 0 Å². The molecule has 0 spiro atoms. The maximum Gasteiger partial charge on any atom is 0.129 e. The lowest BCUT2D eigenvalue weighted by molar-refractivity contribution is -0.116. The number of carbonyl (C=O) groups is 1. The zero-order chi connectivity index (χ0) is 14.3. The van der Waals surface area contributed by atoms with Crippen LogP contribution in [0.25, 0.3) is 0 Å². The van der Waals surface area contributed by atoms with E-state index in [4.69, 9.17) is 30.6 Å². The van der Waals surface area contributed by atoms with Crippen molar-refractivity contribution in [3.63, 3.8) is 0 Å². The second-order valence-electron chi connectivity index (χ2n) is 3.09. The van der Waals surface area contributed by atoms with Gasteiger partial charge in [0.05, 0.1) is 26.4 Å². The van der Waals surface area contributed by atoms with Gasteiger partial charge in [0.1, 0.15) is 18.0 Å². The van der Waals surface area contributed by atoms with E-state index in [1.54, 1.807) is 6.92 Å². The summed E-state index contributed by atoms with van der Waals surface area (Å²) in [7, 11) is 0. The van der Waals surface area contributed by atoms with Gasteiger partial charge in [0.2, 0.25) is 0 Å². The van der Waals surface area contributed by atoms with Gasteiger partial charge in [-0.05, 0) is 6.92 Å². The smallest absolute Gasteiger partial charge is 0.129 e. The Bertz CT molecular complexity index is 134. The molecular weight excluding hydrogens is 232 g/mol. The van der Waals surface area contributed by atoms with E-state index in [-0.39, 0.29) is 32.2 Å². The Morgan fingerprint density at radius 1 is 0.882 bits per heavy atom. The van der Waals surface area contributed by atoms with Crippen molar-refractivity contribution in [2.45, 2.75) is 32.5 Å². The van der Waals surface area contributed by atoms with E-state index >= 15 is 0 Å². The highest BCUT2D eigenvalue weighted by atomic mass is 16.3. The molecule has 0 aliphatic heterocycles. The maximum absolute atomic E-state index is 9.81. The Morgan fingerprint density at radius 2 is 1.06 bits per heavy atom. The molecule has 0 aromatic carbocycles. The Kier molecular flexibility index (Phi) is 22.7. The summed E-state index contributed by atoms with van der Waals surface area (Å²) in [6.07, 6.45) is -1.24. The van der Waals surface area contributed by atoms with Gasteiger partial charge in [-0.3, -0.25) is 0 Å². The second kappa shape index (κ2) is 17.8. The molecule has 0 amide bonds. The molecule has 0 aromatic heterocycles. The zero-order valence-electron chi connectivity index (χ0n) is 10.3. The molecule has 0 unspecified atom stereocenters. The van der Waals surface area contributed by atoms with Crippen LogP contribution in [0.3, 0.4) is 0 Å². The number of ketones is 1. The van der Waals surface area contributed by atoms with Crippen molar-refractivity contribution >= 4 is 5.78 Å². The van der Waals surface area contributed by atoms with E-state index < -0.39 is 12.2 Å². The first-order valence-corrected chi connectivity index (χ1v) is 5.18. The van der Waals surface area contributed by atoms with Gasteiger partial charge in [0.15, 0.2) is 0 Å². The molecule has 0 bridgehead atoms. The molecule has 0 saturated carbocycles. The largest absolute Gasteiger partial charge is 0.394 e. The third-order valence-electron chi connectivity index (χ3n) is 1.34. The Hall–Kier alpha value is -0.570. The van der Waals surface area contributed by atoms with Gasteiger partial charge in [-0.15, -0.1) is 0 Å². The number of rotatable bonds is 5. The SMILES string of the molecule is CCC(C)=O.OCC(O)CO.OCC(O)CO. The normalized spacial score (nSPS) is 9.29. The van der Waals surface area contributed by atoms with Crippen LogP contribution in [0.1, 0.15) is 20.3 Å². The molecule has 7 heteroatoms. The molecule has 106 valence electrons. The number of aliphatic hydroxyl groups excluding tert-OH is 6. The molecule has 7 nitrogen and oxygen atoms in total. The third-order valence-corrected chi connectivity index (χ3v) is 1.34. The highest BCUT2D eigenvalue weighted by Gasteiger charge is 1.94. The average Bonchev–Trinajstić information content (AvgIpc) is 2.37. The van der Waals surface area contributed by atoms with Crippen LogP contribution in [0, 0.1) is 0 Å². The van der Waals surface area contributed by atoms with Crippen LogP contribution in [-0.4, -0.2) is 75.1 Å². The van der Waals surface area contributed by atoms with Gasteiger partial charge in [0, 0.05) is 6.42 Å². The van der Waals surface area contributed by atoms with Crippen LogP contribution < -0.4 is 0 Å². The highest BCUT2D eigenvalue weighted by Crippen LogP contribution is 1.72. The molecule has 0 saturated heterocycles. The van der Waals surface area contributed by atoms with Crippen LogP contribution in [0.2, 0.25) is 0 Å². The van der Waals surface area contributed by atoms with Crippen molar-refractivity contribution in [3.8, 4) is 0 Å². The molecule has 17 heavy (non-hydrogen) atoms. The molecule has 6 N–H and O–H groups in total. The summed E-state index contributed by atoms with van der Waals surface area (Å²) in [5, 5.41) is 48.0. The van der Waals surface area contributed by atoms with Crippen LogP contribution in [0.5, 0.6) is 0 Å². The summed E-state index contributed by atoms with van der Waals surface area (Å²) in [5.74, 6) is 0.255. The molecule has 0 aliphatic rings. The quantitative estimate of drug-likeness (QED) is 0.324. The summed E-state index contributed by atoms with van der Waals surface area (Å²) in [6, 6.07) is 0. The van der Waals surface area contributed by atoms with Gasteiger partial charge in [-0.1, -0.05) is 6.92 Å². The minimum Gasteiger partial charge on any atom is -0.394 e. The Balaban J connectivity index is -0.000000174. The summed E-state index contributed by atoms with van der Waals surface area (Å²) in [4.78, 5) is 9.81. The Labute approximate surface area is 101 Å². The molecule has 0 aliphatic carbocycles. The first kappa shape index (κ1) is 21.7. The van der Waals surface area contributed by atoms with E-state index in [1.807, 2.05) is 6.92 Å². The predicted molar refractivity (Wildman–Crippen MR) is 61.3 cm³/mol. The lowest BCUT2D eigenvalue weighted by Gasteiger charge is -1.96. The number of aliphatic hydroxyl groups is 6. The predicted octanol–water partition coefficient (Wildman–Crippen LogP) is -2.35. The first-order valence-electron chi connectivity index (χ1n) is 5.18. The van der Waals surface area contributed by atoms with E-state index in [0.29, 0.717) is 6.42 Å². The van der Waals surface area contributed by atoms with Crippen molar-refractivity contribution in [3.05, 3.63) is 0 Å². The minimum absolute atomic E-state index is 0.255. The fraction of sp³-hybridized carbons (Fsp3) is 0.900. The number of carbonyl (C=O) groups excluding carboxylic acids is 1. The molecular formula is C10H24O7. The molecule has 0 heterocycles. The summed E-state index contributed by atoms with van der Waals surface area (Å²) >= 11 is 0. The van der Waals surface area contributed by atoms with E-state index in [1.165, 1.54) is 0 Å². The van der Waals surface area contributed by atoms with Crippen molar-refractivity contribution in [2.75, 3.05) is 26.4 Å². The third kappa shape index (κ3) is 31.3. The van der Waals surface area contributed by atoms with Crippen molar-refractivity contribution in [2.24, 2.45) is 0 Å². The van der Waals surface area contributed by atoms with Crippen molar-refractivity contribution in [1.82, 2.24) is 0 Å². The number of Topliss-reactive ketones (excluding diaryl/α,β-unsaturated/α-hetero) is 1. The lowest BCUT2D eigenvalue weighted by atomic mass is 10.4. The number of hydrogen-bond donors (Lipinski definition) is 6. The van der Waals surface area contributed by atoms with Crippen LogP contribution in [-0.2, 0) is 4.79 Å². The van der Waals surface area contributed by atoms with E-state index in [0.717, 1.165) is 0 Å². The molecule has 0 rings (SSSR count). The fourth-order valence-electron chi connectivity index (χ4n) is 0.115. The van der Waals surface area contributed by atoms with Crippen LogP contribution in [0.4, 0.5) is 0 Å². The summed E-state index contributed by atoms with van der Waals surface area (Å²) in [6.45, 7) is 1.97. The van der Waals surface area contributed by atoms with E-state index in [9.17, 15) is 4.79 Å². The minimum atomic E-state index is -0.954. The maximum atomic E-state index is 9.81. The summed E-state index contributed by atoms with van der Waals surface area (Å²) < 4.78 is 0. The first-order chi connectivity index (χ1) is 7.89. The summed E-state index contributed by atoms with van der Waals surface area (Å²) in [5.41, 5.74) is 0. The monoisotopic (exact) mass is 256 g/mol. The average molecular weight is 256 g/mol. The van der Waals surface area contributed by atoms with Gasteiger partial charge in [0.25, 0.3) is 0 Å². The zero-order valence-corrected chi connectivity index (χ0v) is 10.3. The topological polar surface area (TPSA) is 138 Å². The van der Waals surface area contributed by atoms with Gasteiger partial charge >= 0.3 is 0 Å². The van der Waals surface area contributed by atoms with Gasteiger partial charge in [-0.25, -0.2) is 0 Å². The lowest BCUT2D eigenvalue weighted by Crippen LogP contribution is -2.15. The molecule has 0 radical (unpaired) electrons. The fourth-order valence-corrected chi connectivity index (χ4v) is 0.115. The van der Waals surface area contributed by atoms with Gasteiger partial charge < -0.3 is 35.4 Å². The van der Waals surface area contributed by atoms with Crippen LogP contribution >= 0.6 is 0 Å². The Morgan fingerprint density at radius 3 is 1.06 bits per heavy atom. The van der Waals surface area contributed by atoms with Crippen molar-refractivity contribution in [1.29, 1.82) is 0 Å². The molecule has 0 aromatic rings. The van der Waals surface area contributed by atoms with Crippen LogP contribution in [0.15, 0.2) is 0 Å². The standard InChI is InChI=1S/C4H8O.2C3H8O3/c1-3-4(2)5;2*4-1-3(6)2-5/h3H2,1-2H3;2*3-6H,1-2H2.